The van der Waals surface area contributed by atoms with Crippen molar-refractivity contribution < 1.29 is 47.6 Å². The zero-order valence-electron chi connectivity index (χ0n) is 27.5. The molecule has 0 heterocycles. The van der Waals surface area contributed by atoms with Crippen molar-refractivity contribution in [1.29, 1.82) is 0 Å². The van der Waals surface area contributed by atoms with Gasteiger partial charge in [0.1, 0.15) is 23.0 Å². The van der Waals surface area contributed by atoms with Crippen LogP contribution >= 0.6 is 0 Å². The zero-order chi connectivity index (χ0) is 35.3. The highest BCUT2D eigenvalue weighted by Gasteiger charge is 2.36. The van der Waals surface area contributed by atoms with E-state index in [1.54, 1.807) is 62.4 Å². The van der Waals surface area contributed by atoms with E-state index in [4.69, 9.17) is 28.4 Å². The summed E-state index contributed by atoms with van der Waals surface area (Å²) in [4.78, 5) is 48.7. The lowest BCUT2D eigenvalue weighted by Crippen LogP contribution is -2.16. The first-order valence-corrected chi connectivity index (χ1v) is 15.2. The molecule has 49 heavy (non-hydrogen) atoms. The molecule has 0 atom stereocenters. The van der Waals surface area contributed by atoms with Gasteiger partial charge in [0.2, 0.25) is 13.6 Å². The van der Waals surface area contributed by atoms with Crippen LogP contribution in [0.3, 0.4) is 0 Å². The Kier molecular flexibility index (Phi) is 9.98. The maximum absolute atomic E-state index is 13.1. The van der Waals surface area contributed by atoms with Gasteiger partial charge in [-0.05, 0) is 108 Å². The third-order valence-corrected chi connectivity index (χ3v) is 8.06. The molecule has 0 bridgehead atoms. The first kappa shape index (κ1) is 34.2. The van der Waals surface area contributed by atoms with E-state index in [-0.39, 0.29) is 13.6 Å². The van der Waals surface area contributed by atoms with Gasteiger partial charge in [-0.3, -0.25) is 0 Å². The molecule has 0 saturated carbocycles. The van der Waals surface area contributed by atoms with Crippen molar-refractivity contribution >= 4 is 23.9 Å². The minimum Gasteiger partial charge on any atom is -0.457 e. The summed E-state index contributed by atoms with van der Waals surface area (Å²) in [7, 11) is 0. The molecule has 10 nitrogen and oxygen atoms in total. The Hall–Kier alpha value is -6.16. The van der Waals surface area contributed by atoms with Gasteiger partial charge in [-0.1, -0.05) is 39.1 Å². The van der Waals surface area contributed by atoms with Crippen LogP contribution < -0.4 is 18.9 Å². The molecule has 4 aromatic rings. The van der Waals surface area contributed by atoms with Crippen LogP contribution in [0.5, 0.6) is 23.0 Å². The third kappa shape index (κ3) is 7.54. The summed E-state index contributed by atoms with van der Waals surface area (Å²) in [6.45, 7) is 13.7. The van der Waals surface area contributed by atoms with Gasteiger partial charge in [-0.15, -0.1) is 0 Å². The smallest absolute Gasteiger partial charge is 0.343 e. The lowest BCUT2D eigenvalue weighted by Gasteiger charge is -2.22. The van der Waals surface area contributed by atoms with Crippen molar-refractivity contribution in [2.75, 3.05) is 13.6 Å². The molecule has 0 aromatic heterocycles. The summed E-state index contributed by atoms with van der Waals surface area (Å²) in [6.07, 6.45) is 2.08. The number of esters is 4. The fraction of sp³-hybridized carbons (Fsp3) is 0.179. The predicted octanol–water partition coefficient (Wildman–Crippen LogP) is 7.18. The Morgan fingerprint density at radius 2 is 0.980 bits per heavy atom. The lowest BCUT2D eigenvalue weighted by molar-refractivity contribution is -0.145. The molecule has 0 N–H and O–H groups in total. The summed E-state index contributed by atoms with van der Waals surface area (Å²) < 4.78 is 32.0. The molecule has 5 rings (SSSR count). The number of benzene rings is 4. The second-order valence-electron chi connectivity index (χ2n) is 11.6. The third-order valence-electron chi connectivity index (χ3n) is 8.06. The molecule has 0 amide bonds. The molecule has 1 aliphatic rings. The van der Waals surface area contributed by atoms with Crippen molar-refractivity contribution in [3.63, 3.8) is 0 Å². The molecule has 0 radical (unpaired) electrons. The van der Waals surface area contributed by atoms with Crippen LogP contribution in [0, 0.1) is 13.8 Å². The van der Waals surface area contributed by atoms with Crippen molar-refractivity contribution in [2.24, 2.45) is 0 Å². The molecule has 0 unspecified atom stereocenters. The normalized spacial score (nSPS) is 12.1. The van der Waals surface area contributed by atoms with E-state index < -0.39 is 29.3 Å². The highest BCUT2D eigenvalue weighted by molar-refractivity contribution is 5.94. The van der Waals surface area contributed by atoms with Crippen LogP contribution in [-0.2, 0) is 24.5 Å². The summed E-state index contributed by atoms with van der Waals surface area (Å²) in [5, 5.41) is 0. The lowest BCUT2D eigenvalue weighted by atomic mass is 9.82. The summed E-state index contributed by atoms with van der Waals surface area (Å²) >= 11 is 0. The minimum atomic E-state index is -0.602. The first-order chi connectivity index (χ1) is 23.4. The Labute approximate surface area is 283 Å². The van der Waals surface area contributed by atoms with Gasteiger partial charge < -0.3 is 28.4 Å². The van der Waals surface area contributed by atoms with E-state index in [0.29, 0.717) is 45.3 Å². The van der Waals surface area contributed by atoms with Gasteiger partial charge in [-0.2, -0.15) is 0 Å². The number of rotatable bonds is 12. The van der Waals surface area contributed by atoms with Crippen molar-refractivity contribution in [1.82, 2.24) is 0 Å². The number of hydrogen-bond acceptors (Lipinski definition) is 10. The fourth-order valence-electron chi connectivity index (χ4n) is 5.49. The highest BCUT2D eigenvalue weighted by Crippen LogP contribution is 2.50. The summed E-state index contributed by atoms with van der Waals surface area (Å²) in [5.74, 6) is -0.647. The SMILES string of the molecule is C=CC(=O)OCOc1ccc(C(=O)Oc2ccc3c(c2)C(C)(C)c2cc(OC(=O)c4ccc(OCOC(=O)C=C)cc4C)ccc2-3)c(C)c1. The minimum absolute atomic E-state index is 0.284. The largest absolute Gasteiger partial charge is 0.457 e. The Balaban J connectivity index is 1.26. The van der Waals surface area contributed by atoms with E-state index in [9.17, 15) is 19.2 Å². The van der Waals surface area contributed by atoms with E-state index >= 15 is 0 Å². The molecule has 0 aliphatic heterocycles. The summed E-state index contributed by atoms with van der Waals surface area (Å²) in [5.41, 5.74) is 5.35. The summed E-state index contributed by atoms with van der Waals surface area (Å²) in [6, 6.07) is 20.7. The zero-order valence-corrected chi connectivity index (χ0v) is 27.5. The molecular weight excluding hydrogens is 628 g/mol. The van der Waals surface area contributed by atoms with Gasteiger partial charge >= 0.3 is 23.9 Å². The Morgan fingerprint density at radius 3 is 1.35 bits per heavy atom. The highest BCUT2D eigenvalue weighted by atomic mass is 16.7. The maximum Gasteiger partial charge on any atom is 0.343 e. The first-order valence-electron chi connectivity index (χ1n) is 15.2. The molecule has 1 aliphatic carbocycles. The van der Waals surface area contributed by atoms with E-state index in [2.05, 4.69) is 27.0 Å². The van der Waals surface area contributed by atoms with Gasteiger partial charge in [0.05, 0.1) is 11.1 Å². The second kappa shape index (κ2) is 14.3. The predicted molar refractivity (Wildman–Crippen MR) is 180 cm³/mol. The molecule has 250 valence electrons. The molecule has 10 heteroatoms. The molecule has 0 spiro atoms. The average Bonchev–Trinajstić information content (AvgIpc) is 3.29. The van der Waals surface area contributed by atoms with Crippen LogP contribution in [0.15, 0.2) is 98.1 Å². The van der Waals surface area contributed by atoms with Crippen LogP contribution in [0.25, 0.3) is 11.1 Å². The standard InChI is InChI=1S/C39H34O10/c1-7-35(40)46-21-44-25-9-13-29(23(3)17-25)37(42)48-27-11-15-31-32-16-12-28(20-34(32)39(5,6)33(31)19-27)49-38(43)30-14-10-26(18-24(30)4)45-22-47-36(41)8-2/h7-20H,1-2,21-22H2,3-6H3. The van der Waals surface area contributed by atoms with Gasteiger partial charge in [0, 0.05) is 17.6 Å². The van der Waals surface area contributed by atoms with Crippen LogP contribution in [0.2, 0.25) is 0 Å². The second-order valence-corrected chi connectivity index (χ2v) is 11.6. The fourth-order valence-corrected chi connectivity index (χ4v) is 5.49. The number of aryl methyl sites for hydroxylation is 2. The van der Waals surface area contributed by atoms with E-state index in [1.165, 1.54) is 0 Å². The monoisotopic (exact) mass is 662 g/mol. The maximum atomic E-state index is 13.1. The molecule has 0 fully saturated rings. The molecular formula is C39H34O10. The van der Waals surface area contributed by atoms with Crippen molar-refractivity contribution in [3.05, 3.63) is 131 Å². The topological polar surface area (TPSA) is 124 Å². The van der Waals surface area contributed by atoms with E-state index in [1.807, 2.05) is 24.3 Å². The van der Waals surface area contributed by atoms with Crippen LogP contribution in [-0.4, -0.2) is 37.5 Å². The number of ether oxygens (including phenoxy) is 6. The van der Waals surface area contributed by atoms with Crippen molar-refractivity contribution in [2.45, 2.75) is 33.1 Å². The Bertz CT molecular complexity index is 1850. The van der Waals surface area contributed by atoms with Gasteiger partial charge in [0.15, 0.2) is 0 Å². The number of carbonyl (C=O) groups excluding carboxylic acids is 4. The van der Waals surface area contributed by atoms with Crippen LogP contribution in [0.1, 0.15) is 56.8 Å². The van der Waals surface area contributed by atoms with Crippen LogP contribution in [0.4, 0.5) is 0 Å². The van der Waals surface area contributed by atoms with Gasteiger partial charge in [0.25, 0.3) is 0 Å². The quantitative estimate of drug-likeness (QED) is 0.0667. The molecule has 0 saturated heterocycles. The van der Waals surface area contributed by atoms with Gasteiger partial charge in [-0.25, -0.2) is 19.2 Å². The van der Waals surface area contributed by atoms with Crippen molar-refractivity contribution in [3.8, 4) is 34.1 Å². The number of hydrogen-bond donors (Lipinski definition) is 0. The number of carbonyl (C=O) groups is 4. The number of fused-ring (bicyclic) bond motifs is 3. The average molecular weight is 663 g/mol. The van der Waals surface area contributed by atoms with E-state index in [0.717, 1.165) is 34.4 Å². The Morgan fingerprint density at radius 1 is 0.592 bits per heavy atom. The molecule has 4 aromatic carbocycles.